The van der Waals surface area contributed by atoms with Crippen LogP contribution in [-0.2, 0) is 0 Å². The number of piperazine rings is 1. The van der Waals surface area contributed by atoms with Crippen LogP contribution in [0.1, 0.15) is 22.0 Å². The normalized spacial score (nSPS) is 16.9. The first-order valence-electron chi connectivity index (χ1n) is 6.93. The number of halogens is 3. The largest absolute Gasteiger partial charge is 0.329 e. The molecule has 1 aliphatic rings. The van der Waals surface area contributed by atoms with Gasteiger partial charge in [-0.3, -0.25) is 9.78 Å². The van der Waals surface area contributed by atoms with Crippen molar-refractivity contribution in [3.8, 4) is 0 Å². The van der Waals surface area contributed by atoms with Gasteiger partial charge in [-0.25, -0.2) is 0 Å². The summed E-state index contributed by atoms with van der Waals surface area (Å²) in [5.41, 5.74) is 1.64. The van der Waals surface area contributed by atoms with Crippen LogP contribution in [-0.4, -0.2) is 35.4 Å². The summed E-state index contributed by atoms with van der Waals surface area (Å²) >= 11 is 6.30. The van der Waals surface area contributed by atoms with E-state index in [0.29, 0.717) is 23.7 Å². The van der Waals surface area contributed by atoms with Crippen molar-refractivity contribution in [1.29, 1.82) is 0 Å². The quantitative estimate of drug-likeness (QED) is 0.876. The van der Waals surface area contributed by atoms with Gasteiger partial charge in [0, 0.05) is 42.6 Å². The van der Waals surface area contributed by atoms with Crippen molar-refractivity contribution < 1.29 is 4.79 Å². The molecule has 0 aliphatic carbocycles. The highest BCUT2D eigenvalue weighted by molar-refractivity contribution is 6.31. The van der Waals surface area contributed by atoms with Gasteiger partial charge >= 0.3 is 0 Å². The molecule has 0 bridgehead atoms. The van der Waals surface area contributed by atoms with Gasteiger partial charge in [0.15, 0.2) is 0 Å². The Labute approximate surface area is 153 Å². The zero-order valence-corrected chi connectivity index (χ0v) is 14.7. The van der Waals surface area contributed by atoms with Crippen LogP contribution >= 0.6 is 36.4 Å². The summed E-state index contributed by atoms with van der Waals surface area (Å²) < 4.78 is 0. The van der Waals surface area contributed by atoms with Gasteiger partial charge in [0.1, 0.15) is 0 Å². The molecule has 124 valence electrons. The SMILES string of the molecule is Cl.Cl.O=C(c1ccncc1)N1CCNCC1c1ccccc1Cl. The Bertz CT molecular complexity index is 639. The Morgan fingerprint density at radius 1 is 1.17 bits per heavy atom. The van der Waals surface area contributed by atoms with Gasteiger partial charge in [0.25, 0.3) is 5.91 Å². The average Bonchev–Trinajstić information content (AvgIpc) is 2.55. The Morgan fingerprint density at radius 2 is 1.87 bits per heavy atom. The summed E-state index contributed by atoms with van der Waals surface area (Å²) in [6, 6.07) is 11.1. The molecule has 1 unspecified atom stereocenters. The summed E-state index contributed by atoms with van der Waals surface area (Å²) in [5, 5.41) is 4.03. The fourth-order valence-corrected chi connectivity index (χ4v) is 2.89. The first-order chi connectivity index (χ1) is 10.3. The lowest BCUT2D eigenvalue weighted by molar-refractivity contribution is 0.0634. The number of amides is 1. The topological polar surface area (TPSA) is 45.2 Å². The molecule has 1 atom stereocenters. The maximum atomic E-state index is 12.7. The molecular formula is C16H18Cl3N3O. The van der Waals surface area contributed by atoms with Crippen LogP contribution in [0, 0.1) is 0 Å². The Balaban J connectivity index is 0.00000132. The smallest absolute Gasteiger partial charge is 0.254 e. The molecule has 23 heavy (non-hydrogen) atoms. The van der Waals surface area contributed by atoms with Crippen molar-refractivity contribution in [2.45, 2.75) is 6.04 Å². The predicted molar refractivity (Wildman–Crippen MR) is 96.8 cm³/mol. The second-order valence-corrected chi connectivity index (χ2v) is 5.38. The number of hydrogen-bond donors (Lipinski definition) is 1. The lowest BCUT2D eigenvalue weighted by Crippen LogP contribution is -2.48. The molecule has 1 aliphatic heterocycles. The molecule has 7 heteroatoms. The molecule has 1 aromatic carbocycles. The summed E-state index contributed by atoms with van der Waals surface area (Å²) in [4.78, 5) is 18.6. The van der Waals surface area contributed by atoms with Crippen molar-refractivity contribution in [3.05, 3.63) is 64.9 Å². The van der Waals surface area contributed by atoms with Gasteiger partial charge < -0.3 is 10.2 Å². The number of nitrogens with zero attached hydrogens (tertiary/aromatic N) is 2. The van der Waals surface area contributed by atoms with Crippen LogP contribution in [0.15, 0.2) is 48.8 Å². The van der Waals surface area contributed by atoms with Crippen molar-refractivity contribution in [3.63, 3.8) is 0 Å². The van der Waals surface area contributed by atoms with Crippen LogP contribution in [0.4, 0.5) is 0 Å². The van der Waals surface area contributed by atoms with E-state index in [0.717, 1.165) is 12.1 Å². The van der Waals surface area contributed by atoms with E-state index in [9.17, 15) is 4.79 Å². The minimum atomic E-state index is -0.0480. The summed E-state index contributed by atoms with van der Waals surface area (Å²) in [5.74, 6) is 0.0174. The highest BCUT2D eigenvalue weighted by Crippen LogP contribution is 2.29. The first kappa shape index (κ1) is 19.7. The van der Waals surface area contributed by atoms with Crippen LogP contribution < -0.4 is 5.32 Å². The molecular weight excluding hydrogens is 357 g/mol. The number of pyridine rings is 1. The number of hydrogen-bond acceptors (Lipinski definition) is 3. The van der Waals surface area contributed by atoms with E-state index in [4.69, 9.17) is 11.6 Å². The van der Waals surface area contributed by atoms with Crippen LogP contribution in [0.3, 0.4) is 0 Å². The maximum absolute atomic E-state index is 12.7. The average molecular weight is 375 g/mol. The Hall–Kier alpha value is -1.33. The molecule has 0 radical (unpaired) electrons. The lowest BCUT2D eigenvalue weighted by atomic mass is 10.0. The third-order valence-electron chi connectivity index (χ3n) is 3.70. The number of benzene rings is 1. The number of aromatic nitrogens is 1. The molecule has 1 N–H and O–H groups in total. The molecule has 1 aromatic heterocycles. The second-order valence-electron chi connectivity index (χ2n) is 4.98. The number of carbonyl (C=O) groups excluding carboxylic acids is 1. The van der Waals surface area contributed by atoms with Gasteiger partial charge in [0.2, 0.25) is 0 Å². The molecule has 1 saturated heterocycles. The van der Waals surface area contributed by atoms with Crippen molar-refractivity contribution in [2.75, 3.05) is 19.6 Å². The van der Waals surface area contributed by atoms with Crippen molar-refractivity contribution in [1.82, 2.24) is 15.2 Å². The second kappa shape index (κ2) is 9.08. The van der Waals surface area contributed by atoms with Crippen molar-refractivity contribution in [2.24, 2.45) is 0 Å². The molecule has 4 nitrogen and oxygen atoms in total. The lowest BCUT2D eigenvalue weighted by Gasteiger charge is -2.37. The molecule has 2 aromatic rings. The van der Waals surface area contributed by atoms with Crippen LogP contribution in [0.25, 0.3) is 0 Å². The zero-order valence-electron chi connectivity index (χ0n) is 12.3. The van der Waals surface area contributed by atoms with E-state index in [1.165, 1.54) is 0 Å². The fourth-order valence-electron chi connectivity index (χ4n) is 2.63. The molecule has 0 spiro atoms. The Morgan fingerprint density at radius 3 is 2.57 bits per heavy atom. The van der Waals surface area contributed by atoms with E-state index >= 15 is 0 Å². The fraction of sp³-hybridized carbons (Fsp3) is 0.250. The predicted octanol–water partition coefficient (Wildman–Crippen LogP) is 3.37. The van der Waals surface area contributed by atoms with E-state index in [2.05, 4.69) is 10.3 Å². The first-order valence-corrected chi connectivity index (χ1v) is 7.31. The molecule has 1 amide bonds. The van der Waals surface area contributed by atoms with E-state index in [-0.39, 0.29) is 36.8 Å². The van der Waals surface area contributed by atoms with Crippen LogP contribution in [0.2, 0.25) is 5.02 Å². The van der Waals surface area contributed by atoms with Crippen molar-refractivity contribution >= 4 is 42.3 Å². The van der Waals surface area contributed by atoms with Gasteiger partial charge in [0.05, 0.1) is 6.04 Å². The van der Waals surface area contributed by atoms with E-state index in [1.807, 2.05) is 29.2 Å². The summed E-state index contributed by atoms with van der Waals surface area (Å²) in [6.07, 6.45) is 3.28. The van der Waals surface area contributed by atoms with E-state index in [1.54, 1.807) is 24.5 Å². The third-order valence-corrected chi connectivity index (χ3v) is 4.04. The molecule has 1 fully saturated rings. The summed E-state index contributed by atoms with van der Waals surface area (Å²) in [6.45, 7) is 2.16. The van der Waals surface area contributed by atoms with Gasteiger partial charge in [-0.2, -0.15) is 0 Å². The molecule has 0 saturated carbocycles. The maximum Gasteiger partial charge on any atom is 0.254 e. The zero-order chi connectivity index (χ0) is 14.7. The monoisotopic (exact) mass is 373 g/mol. The molecule has 2 heterocycles. The van der Waals surface area contributed by atoms with Gasteiger partial charge in [-0.1, -0.05) is 29.8 Å². The van der Waals surface area contributed by atoms with Gasteiger partial charge in [-0.05, 0) is 23.8 Å². The molecule has 3 rings (SSSR count). The number of carbonyl (C=O) groups is 1. The number of rotatable bonds is 2. The third kappa shape index (κ3) is 4.36. The van der Waals surface area contributed by atoms with E-state index < -0.39 is 0 Å². The highest BCUT2D eigenvalue weighted by Gasteiger charge is 2.29. The summed E-state index contributed by atoms with van der Waals surface area (Å²) in [7, 11) is 0. The van der Waals surface area contributed by atoms with Gasteiger partial charge in [-0.15, -0.1) is 24.8 Å². The standard InChI is InChI=1S/C16H16ClN3O.2ClH/c17-14-4-2-1-3-13(14)15-11-19-9-10-20(15)16(21)12-5-7-18-8-6-12;;/h1-8,15,19H,9-11H2;2*1H. The Kier molecular flexibility index (Phi) is 7.79. The van der Waals surface area contributed by atoms with Crippen LogP contribution in [0.5, 0.6) is 0 Å². The highest BCUT2D eigenvalue weighted by atomic mass is 35.5. The number of nitrogens with one attached hydrogen (secondary N) is 1. The minimum Gasteiger partial charge on any atom is -0.329 e. The minimum absolute atomic E-state index is 0.